The van der Waals surface area contributed by atoms with Crippen molar-refractivity contribution in [3.8, 4) is 0 Å². The van der Waals surface area contributed by atoms with Gasteiger partial charge >= 0.3 is 0 Å². The molecule has 2 heterocycles. The number of fused-ring (bicyclic) bond motifs is 2. The first-order valence-corrected chi connectivity index (χ1v) is 9.68. The van der Waals surface area contributed by atoms with E-state index < -0.39 is 10.9 Å². The predicted octanol–water partition coefficient (Wildman–Crippen LogP) is 1.53. The number of rotatable bonds is 3. The maximum absolute atomic E-state index is 12.1. The molecule has 0 bridgehead atoms. The number of hydrogen-bond acceptors (Lipinski definition) is 6. The van der Waals surface area contributed by atoms with Gasteiger partial charge in [0.2, 0.25) is 0 Å². The Kier molecular flexibility index (Phi) is 5.67. The largest absolute Gasteiger partial charge is 0.275 e. The summed E-state index contributed by atoms with van der Waals surface area (Å²) >= 11 is 0. The summed E-state index contributed by atoms with van der Waals surface area (Å²) in [6.45, 7) is 2.40. The molecule has 0 atom stereocenters. The van der Waals surface area contributed by atoms with Crippen LogP contribution in [-0.4, -0.2) is 36.8 Å². The highest BCUT2D eigenvalue weighted by molar-refractivity contribution is 7.69. The molecule has 0 unspecified atom stereocenters. The number of benzene rings is 2. The Bertz CT molecular complexity index is 1150. The van der Waals surface area contributed by atoms with Crippen molar-refractivity contribution in [2.75, 3.05) is 11.6 Å². The number of hydrogen-bond donors (Lipinski definition) is 2. The summed E-state index contributed by atoms with van der Waals surface area (Å²) in [6, 6.07) is 15.7. The molecular weight excluding hydrogens is 380 g/mol. The molecule has 3 aromatic rings. The molecule has 0 aliphatic carbocycles. The van der Waals surface area contributed by atoms with E-state index >= 15 is 0 Å². The van der Waals surface area contributed by atoms with Crippen LogP contribution >= 0.6 is 0 Å². The van der Waals surface area contributed by atoms with Crippen LogP contribution in [0.2, 0.25) is 0 Å². The second kappa shape index (κ2) is 8.15. The van der Waals surface area contributed by atoms with Crippen molar-refractivity contribution in [1.29, 1.82) is 0 Å². The first kappa shape index (κ1) is 19.5. The van der Waals surface area contributed by atoms with Gasteiger partial charge in [-0.1, -0.05) is 24.3 Å². The van der Waals surface area contributed by atoms with Crippen molar-refractivity contribution in [2.24, 2.45) is 5.14 Å². The number of nitrogens with zero attached hydrogens (tertiary/aromatic N) is 3. The normalized spacial score (nSPS) is 13.3. The fourth-order valence-corrected chi connectivity index (χ4v) is 3.06. The van der Waals surface area contributed by atoms with Crippen LogP contribution in [0.4, 0.5) is 5.69 Å². The molecule has 4 rings (SSSR count). The number of imide groups is 1. The average Bonchev–Trinajstić information content (AvgIpc) is 2.99. The molecule has 2 aromatic carbocycles. The summed E-state index contributed by atoms with van der Waals surface area (Å²) in [6.07, 6.45) is 2.59. The van der Waals surface area contributed by atoms with Crippen LogP contribution < -0.4 is 10.1 Å². The molecule has 0 fully saturated rings. The quantitative estimate of drug-likeness (QED) is 0.393. The number of anilines is 1. The number of amides is 2. The fourth-order valence-electron chi connectivity index (χ4n) is 3.06. The first-order chi connectivity index (χ1) is 13.4. The topological polar surface area (TPSA) is 114 Å². The molecule has 0 saturated carbocycles. The van der Waals surface area contributed by atoms with Crippen molar-refractivity contribution in [3.05, 3.63) is 60.7 Å². The number of thiol groups is 1. The molecule has 1 aliphatic rings. The van der Waals surface area contributed by atoms with E-state index in [2.05, 4.69) is 10.1 Å². The van der Waals surface area contributed by atoms with Crippen LogP contribution in [0.3, 0.4) is 0 Å². The molecule has 0 radical (unpaired) electrons. The van der Waals surface area contributed by atoms with Gasteiger partial charge in [-0.15, -0.1) is 0 Å². The summed E-state index contributed by atoms with van der Waals surface area (Å²) in [5.41, 5.74) is 2.54. The molecule has 2 N–H and O–H groups in total. The number of nitrogens with two attached hydrogens (primary N) is 1. The Morgan fingerprint density at radius 1 is 1.00 bits per heavy atom. The fraction of sp³-hybridized carbons (Fsp3) is 0.105. The molecule has 9 heteroatoms. The van der Waals surface area contributed by atoms with E-state index in [-0.39, 0.29) is 11.8 Å². The third-order valence-electron chi connectivity index (χ3n) is 4.14. The van der Waals surface area contributed by atoms with Crippen LogP contribution in [0.15, 0.2) is 60.7 Å². The van der Waals surface area contributed by atoms with Crippen LogP contribution in [-0.2, 0) is 20.5 Å². The van der Waals surface area contributed by atoms with Crippen molar-refractivity contribution >= 4 is 50.2 Å². The second-order valence-electron chi connectivity index (χ2n) is 5.85. The van der Waals surface area contributed by atoms with Gasteiger partial charge in [0.25, 0.3) is 11.8 Å². The molecule has 1 aliphatic heterocycles. The highest BCUT2D eigenvalue weighted by Crippen LogP contribution is 2.30. The van der Waals surface area contributed by atoms with Crippen molar-refractivity contribution < 1.29 is 18.0 Å². The molecule has 2 amide bonds. The Balaban J connectivity index is 0.000000516. The average molecular weight is 398 g/mol. The first-order valence-electron chi connectivity index (χ1n) is 8.43. The van der Waals surface area contributed by atoms with E-state index in [1.807, 2.05) is 55.5 Å². The lowest BCUT2D eigenvalue weighted by atomic mass is 10.1. The minimum Gasteiger partial charge on any atom is -0.275 e. The van der Waals surface area contributed by atoms with Crippen LogP contribution in [0.1, 0.15) is 6.92 Å². The van der Waals surface area contributed by atoms with E-state index in [0.717, 1.165) is 27.5 Å². The molecule has 8 nitrogen and oxygen atoms in total. The van der Waals surface area contributed by atoms with Crippen LogP contribution in [0.5, 0.6) is 0 Å². The van der Waals surface area contributed by atoms with Gasteiger partial charge in [0, 0.05) is 29.5 Å². The zero-order chi connectivity index (χ0) is 20.3. The number of carbonyl (C=O) groups excluding carboxylic acids is 2. The van der Waals surface area contributed by atoms with Gasteiger partial charge < -0.3 is 0 Å². The van der Waals surface area contributed by atoms with Gasteiger partial charge in [0.05, 0.1) is 16.7 Å². The summed E-state index contributed by atoms with van der Waals surface area (Å²) in [5.74, 6) is -0.653. The zero-order valence-electron chi connectivity index (χ0n) is 15.0. The van der Waals surface area contributed by atoms with Gasteiger partial charge in [0.15, 0.2) is 10.9 Å². The van der Waals surface area contributed by atoms with Gasteiger partial charge in [-0.2, -0.15) is 5.01 Å². The third kappa shape index (κ3) is 3.85. The summed E-state index contributed by atoms with van der Waals surface area (Å²) in [7, 11) is -2.62. The second-order valence-corrected chi connectivity index (χ2v) is 6.42. The van der Waals surface area contributed by atoms with Crippen molar-refractivity contribution in [1.82, 2.24) is 9.99 Å². The molecule has 144 valence electrons. The Hall–Kier alpha value is -3.30. The van der Waals surface area contributed by atoms with Gasteiger partial charge in [-0.05, 0) is 31.2 Å². The van der Waals surface area contributed by atoms with Gasteiger partial charge in [-0.25, -0.2) is 18.5 Å². The van der Waals surface area contributed by atoms with Crippen LogP contribution in [0, 0.1) is 0 Å². The minimum absolute atomic E-state index is 0.326. The maximum Gasteiger partial charge on any atom is 0.272 e. The minimum atomic E-state index is -2.62. The van der Waals surface area contributed by atoms with E-state index in [1.54, 1.807) is 5.01 Å². The number of aromatic nitrogens is 1. The van der Waals surface area contributed by atoms with E-state index in [4.69, 9.17) is 8.42 Å². The molecule has 0 saturated heterocycles. The lowest BCUT2D eigenvalue weighted by Crippen LogP contribution is -2.46. The standard InChI is InChI=1S/C19H15N3O2.H3NO2S/c1-2-21(22-18(23)10-11-19(22)24)17-9-5-8-16-14(17)12-13-6-3-4-7-15(13)20-16;1-4(2)3/h3-12H,2H2,1H3;4H,(H2,1,2,3). The third-order valence-corrected chi connectivity index (χ3v) is 4.14. The SMILES string of the molecule is CCN(c1cccc2nc3ccccc3cc12)N1C(=O)C=CC1=O.N[SH](=O)=O. The van der Waals surface area contributed by atoms with Crippen LogP contribution in [0.25, 0.3) is 21.8 Å². The predicted molar refractivity (Wildman–Crippen MR) is 108 cm³/mol. The van der Waals surface area contributed by atoms with Gasteiger partial charge in [-0.3, -0.25) is 14.6 Å². The summed E-state index contributed by atoms with van der Waals surface area (Å²) < 4.78 is 17.6. The molecule has 28 heavy (non-hydrogen) atoms. The highest BCUT2D eigenvalue weighted by atomic mass is 32.2. The maximum atomic E-state index is 12.1. The van der Waals surface area contributed by atoms with E-state index in [9.17, 15) is 9.59 Å². The monoisotopic (exact) mass is 398 g/mol. The molecule has 1 aromatic heterocycles. The number of carbonyl (C=O) groups is 2. The Morgan fingerprint density at radius 2 is 1.61 bits per heavy atom. The van der Waals surface area contributed by atoms with Crippen molar-refractivity contribution in [2.45, 2.75) is 6.92 Å². The lowest BCUT2D eigenvalue weighted by molar-refractivity contribution is -0.137. The molecule has 0 spiro atoms. The smallest absolute Gasteiger partial charge is 0.272 e. The summed E-state index contributed by atoms with van der Waals surface area (Å²) in [4.78, 5) is 28.8. The van der Waals surface area contributed by atoms with E-state index in [1.165, 1.54) is 17.2 Å². The Morgan fingerprint density at radius 3 is 2.25 bits per heavy atom. The lowest BCUT2D eigenvalue weighted by Gasteiger charge is -2.31. The van der Waals surface area contributed by atoms with Gasteiger partial charge in [0.1, 0.15) is 0 Å². The van der Waals surface area contributed by atoms with Crippen molar-refractivity contribution in [3.63, 3.8) is 0 Å². The number of hydrazine groups is 1. The highest BCUT2D eigenvalue weighted by Gasteiger charge is 2.30. The summed E-state index contributed by atoms with van der Waals surface area (Å²) in [5, 5.41) is 8.86. The Labute approximate surface area is 162 Å². The molecular formula is C19H18N4O4S. The van der Waals surface area contributed by atoms with E-state index in [0.29, 0.717) is 6.54 Å². The zero-order valence-corrected chi connectivity index (χ0v) is 15.9. The number of para-hydroxylation sites is 1. The number of pyridine rings is 1.